The molecule has 0 aliphatic heterocycles. The van der Waals surface area contributed by atoms with Crippen LogP contribution < -0.4 is 10.6 Å². The lowest BCUT2D eigenvalue weighted by molar-refractivity contribution is -0.142. The second-order valence-electron chi connectivity index (χ2n) is 7.73. The molecular weight excluding hydrogens is 458 g/mol. The summed E-state index contributed by atoms with van der Waals surface area (Å²) in [6.07, 6.45) is -0.700. The average molecular weight is 482 g/mol. The number of thiazole rings is 1. The summed E-state index contributed by atoms with van der Waals surface area (Å²) >= 11 is 1.26. The lowest BCUT2D eigenvalue weighted by Gasteiger charge is -2.14. The van der Waals surface area contributed by atoms with E-state index in [-0.39, 0.29) is 25.5 Å². The van der Waals surface area contributed by atoms with Crippen molar-refractivity contribution in [2.24, 2.45) is 0 Å². The molecule has 0 radical (unpaired) electrons. The number of aromatic nitrogens is 1. The van der Waals surface area contributed by atoms with Gasteiger partial charge in [-0.15, -0.1) is 11.3 Å². The van der Waals surface area contributed by atoms with Crippen molar-refractivity contribution in [3.8, 4) is 11.1 Å². The molecule has 1 atom stereocenters. The Morgan fingerprint density at radius 1 is 1.06 bits per heavy atom. The molecule has 34 heavy (non-hydrogen) atoms. The van der Waals surface area contributed by atoms with Gasteiger partial charge in [-0.25, -0.2) is 14.6 Å². The molecule has 9 nitrogen and oxygen atoms in total. The number of alkyl carbamates (subject to hydrolysis) is 1. The predicted molar refractivity (Wildman–Crippen MR) is 124 cm³/mol. The summed E-state index contributed by atoms with van der Waals surface area (Å²) in [5.41, 5.74) is 5.01. The molecule has 0 saturated heterocycles. The summed E-state index contributed by atoms with van der Waals surface area (Å²) in [7, 11) is 0. The SMILES string of the molecule is O=C(Cc1csc(CNC(=O)OCC2c3ccccc3-c3ccccc32)n1)NC(CO)C(=O)O. The quantitative estimate of drug-likeness (QED) is 0.368. The molecule has 1 aromatic heterocycles. The van der Waals surface area contributed by atoms with Crippen LogP contribution in [0, 0.1) is 0 Å². The van der Waals surface area contributed by atoms with E-state index in [9.17, 15) is 14.4 Å². The number of benzene rings is 2. The molecular formula is C24H23N3O6S. The number of carboxylic acid groups (broad SMARTS) is 1. The molecule has 4 rings (SSSR count). The molecule has 1 aliphatic carbocycles. The number of hydrogen-bond donors (Lipinski definition) is 4. The van der Waals surface area contributed by atoms with Crippen LogP contribution in [-0.2, 0) is 27.3 Å². The highest BCUT2D eigenvalue weighted by Crippen LogP contribution is 2.44. The lowest BCUT2D eigenvalue weighted by atomic mass is 9.98. The van der Waals surface area contributed by atoms with Crippen LogP contribution in [0.2, 0.25) is 0 Å². The third kappa shape index (κ3) is 5.24. The van der Waals surface area contributed by atoms with E-state index in [1.54, 1.807) is 5.38 Å². The molecule has 0 saturated carbocycles. The number of amides is 2. The van der Waals surface area contributed by atoms with Gasteiger partial charge < -0.3 is 25.6 Å². The van der Waals surface area contributed by atoms with Crippen molar-refractivity contribution >= 4 is 29.3 Å². The molecule has 1 unspecified atom stereocenters. The van der Waals surface area contributed by atoms with Crippen LogP contribution >= 0.6 is 11.3 Å². The van der Waals surface area contributed by atoms with Gasteiger partial charge in [-0.2, -0.15) is 0 Å². The number of carboxylic acids is 1. The van der Waals surface area contributed by atoms with Gasteiger partial charge in [-0.1, -0.05) is 48.5 Å². The predicted octanol–water partition coefficient (Wildman–Crippen LogP) is 2.29. The van der Waals surface area contributed by atoms with E-state index in [1.165, 1.54) is 11.3 Å². The Morgan fingerprint density at radius 3 is 2.32 bits per heavy atom. The first-order chi connectivity index (χ1) is 16.5. The van der Waals surface area contributed by atoms with Crippen molar-refractivity contribution < 1.29 is 29.3 Å². The normalized spacial score (nSPS) is 13.0. The van der Waals surface area contributed by atoms with Crippen molar-refractivity contribution in [1.82, 2.24) is 15.6 Å². The highest BCUT2D eigenvalue weighted by atomic mass is 32.1. The Bertz CT molecular complexity index is 1170. The van der Waals surface area contributed by atoms with Gasteiger partial charge in [-0.3, -0.25) is 4.79 Å². The fraction of sp³-hybridized carbons (Fsp3) is 0.250. The molecule has 2 aromatic carbocycles. The molecule has 3 aromatic rings. The Kier molecular flexibility index (Phi) is 7.19. The first kappa shape index (κ1) is 23.4. The van der Waals surface area contributed by atoms with Gasteiger partial charge in [-0.05, 0) is 22.3 Å². The van der Waals surface area contributed by atoms with Gasteiger partial charge in [0, 0.05) is 11.3 Å². The molecule has 1 aliphatic rings. The minimum atomic E-state index is -1.36. The fourth-order valence-electron chi connectivity index (χ4n) is 3.90. The zero-order valence-electron chi connectivity index (χ0n) is 18.1. The van der Waals surface area contributed by atoms with Crippen LogP contribution in [0.15, 0.2) is 53.9 Å². The number of aliphatic hydroxyl groups excluding tert-OH is 1. The monoisotopic (exact) mass is 481 g/mol. The largest absolute Gasteiger partial charge is 0.480 e. The number of fused-ring (bicyclic) bond motifs is 3. The van der Waals surface area contributed by atoms with Gasteiger partial charge in [0.25, 0.3) is 0 Å². The van der Waals surface area contributed by atoms with E-state index in [1.807, 2.05) is 36.4 Å². The van der Waals surface area contributed by atoms with E-state index in [0.717, 1.165) is 22.3 Å². The Balaban J connectivity index is 1.27. The van der Waals surface area contributed by atoms with Crippen molar-refractivity contribution in [1.29, 1.82) is 0 Å². The van der Waals surface area contributed by atoms with E-state index >= 15 is 0 Å². The van der Waals surface area contributed by atoms with Crippen LogP contribution in [0.1, 0.15) is 27.7 Å². The number of carbonyl (C=O) groups is 3. The van der Waals surface area contributed by atoms with E-state index in [0.29, 0.717) is 10.7 Å². The Morgan fingerprint density at radius 2 is 1.71 bits per heavy atom. The van der Waals surface area contributed by atoms with Crippen molar-refractivity contribution in [2.45, 2.75) is 24.9 Å². The number of ether oxygens (including phenoxy) is 1. The summed E-state index contributed by atoms with van der Waals surface area (Å²) in [5, 5.41) is 25.0. The van der Waals surface area contributed by atoms with Crippen molar-refractivity contribution in [3.63, 3.8) is 0 Å². The topological polar surface area (TPSA) is 138 Å². The highest BCUT2D eigenvalue weighted by molar-refractivity contribution is 7.09. The Labute approximate surface area is 199 Å². The van der Waals surface area contributed by atoms with Gasteiger partial charge in [0.1, 0.15) is 17.7 Å². The highest BCUT2D eigenvalue weighted by Gasteiger charge is 2.29. The number of carbonyl (C=O) groups excluding carboxylic acids is 2. The van der Waals surface area contributed by atoms with E-state index < -0.39 is 30.6 Å². The molecule has 10 heteroatoms. The van der Waals surface area contributed by atoms with Crippen molar-refractivity contribution in [2.75, 3.05) is 13.2 Å². The minimum absolute atomic E-state index is 0.0309. The summed E-state index contributed by atoms with van der Waals surface area (Å²) in [5.74, 6) is -1.92. The molecule has 1 heterocycles. The molecule has 4 N–H and O–H groups in total. The first-order valence-corrected chi connectivity index (χ1v) is 11.5. The van der Waals surface area contributed by atoms with Crippen molar-refractivity contribution in [3.05, 3.63) is 75.7 Å². The second kappa shape index (κ2) is 10.4. The molecule has 0 fully saturated rings. The Hall–Kier alpha value is -3.76. The second-order valence-corrected chi connectivity index (χ2v) is 8.67. The van der Waals surface area contributed by atoms with Gasteiger partial charge >= 0.3 is 12.1 Å². The van der Waals surface area contributed by atoms with Crippen LogP contribution in [0.4, 0.5) is 4.79 Å². The molecule has 176 valence electrons. The third-order valence-electron chi connectivity index (χ3n) is 5.48. The third-order valence-corrected chi connectivity index (χ3v) is 6.38. The van der Waals surface area contributed by atoms with Crippen LogP contribution in [0.3, 0.4) is 0 Å². The lowest BCUT2D eigenvalue weighted by Crippen LogP contribution is -2.44. The maximum Gasteiger partial charge on any atom is 0.407 e. The average Bonchev–Trinajstić information content (AvgIpc) is 3.41. The van der Waals surface area contributed by atoms with E-state index in [4.69, 9.17) is 14.9 Å². The number of nitrogens with one attached hydrogen (secondary N) is 2. The number of aliphatic carboxylic acids is 1. The van der Waals surface area contributed by atoms with Crippen LogP contribution in [-0.4, -0.2) is 52.4 Å². The number of rotatable bonds is 9. The summed E-state index contributed by atoms with van der Waals surface area (Å²) < 4.78 is 5.49. The molecule has 2 amide bonds. The zero-order valence-corrected chi connectivity index (χ0v) is 18.9. The minimum Gasteiger partial charge on any atom is -0.480 e. The van der Waals surface area contributed by atoms with E-state index in [2.05, 4.69) is 27.8 Å². The van der Waals surface area contributed by atoms with Gasteiger partial charge in [0.15, 0.2) is 0 Å². The summed E-state index contributed by atoms with van der Waals surface area (Å²) in [6.45, 7) is -0.358. The van der Waals surface area contributed by atoms with Crippen LogP contribution in [0.25, 0.3) is 11.1 Å². The smallest absolute Gasteiger partial charge is 0.407 e. The molecule has 0 spiro atoms. The number of nitrogens with zero attached hydrogens (tertiary/aromatic N) is 1. The maximum absolute atomic E-state index is 12.3. The fourth-order valence-corrected chi connectivity index (χ4v) is 4.64. The standard InChI is InChI=1S/C24H23N3O6S/c28-11-20(23(30)31)27-21(29)9-14-13-34-22(26-14)10-25-24(32)33-12-19-17-7-3-1-5-15(17)16-6-2-4-8-18(16)19/h1-8,13,19-20,28H,9-12H2,(H,25,32)(H,27,29)(H,30,31). The van der Waals surface area contributed by atoms with Gasteiger partial charge in [0.2, 0.25) is 5.91 Å². The number of aliphatic hydroxyl groups is 1. The maximum atomic E-state index is 12.3. The van der Waals surface area contributed by atoms with Gasteiger partial charge in [0.05, 0.1) is 25.3 Å². The molecule has 0 bridgehead atoms. The summed E-state index contributed by atoms with van der Waals surface area (Å²) in [6, 6.07) is 14.8. The summed E-state index contributed by atoms with van der Waals surface area (Å²) in [4.78, 5) is 39.4. The number of hydrogen-bond acceptors (Lipinski definition) is 7. The van der Waals surface area contributed by atoms with Crippen LogP contribution in [0.5, 0.6) is 0 Å². The first-order valence-electron chi connectivity index (χ1n) is 10.6. The zero-order chi connectivity index (χ0) is 24.1.